The largest absolute Gasteiger partial charge is 0.505 e. The first kappa shape index (κ1) is 11.1. The monoisotopic (exact) mass is 211 g/mol. The van der Waals surface area contributed by atoms with Gasteiger partial charge in [0.25, 0.3) is 0 Å². The van der Waals surface area contributed by atoms with Gasteiger partial charge in [-0.25, -0.2) is 0 Å². The molecule has 1 N–H and O–H groups in total. The first-order chi connectivity index (χ1) is 7.15. The number of methoxy groups -OCH3 is 2. The van der Waals surface area contributed by atoms with Crippen LogP contribution in [0.5, 0.6) is 17.2 Å². The van der Waals surface area contributed by atoms with Crippen LogP contribution in [0.1, 0.15) is 5.56 Å². The van der Waals surface area contributed by atoms with Gasteiger partial charge >= 0.3 is 0 Å². The first-order valence-electron chi connectivity index (χ1n) is 4.15. The first-order valence-corrected chi connectivity index (χ1v) is 4.15. The van der Waals surface area contributed by atoms with Crippen LogP contribution >= 0.6 is 0 Å². The van der Waals surface area contributed by atoms with Gasteiger partial charge in [0.2, 0.25) is 11.6 Å². The molecule has 15 heavy (non-hydrogen) atoms. The summed E-state index contributed by atoms with van der Waals surface area (Å²) < 4.78 is 23.1. The van der Waals surface area contributed by atoms with Crippen LogP contribution in [0.25, 0.3) is 0 Å². The van der Waals surface area contributed by atoms with E-state index in [0.717, 1.165) is 0 Å². The fraction of sp³-hybridized carbons (Fsp3) is 0.300. The Bertz CT molecular complexity index is 412. The van der Waals surface area contributed by atoms with Crippen molar-refractivity contribution in [1.82, 2.24) is 0 Å². The highest BCUT2D eigenvalue weighted by Gasteiger charge is 2.18. The van der Waals surface area contributed by atoms with Crippen molar-refractivity contribution in [1.29, 1.82) is 5.26 Å². The average molecular weight is 211 g/mol. The molecule has 5 heteroatoms. The normalized spacial score (nSPS) is 9.47. The Hall–Kier alpha value is -1.96. The van der Waals surface area contributed by atoms with Gasteiger partial charge in [0.05, 0.1) is 26.7 Å². The van der Waals surface area contributed by atoms with E-state index in [0.29, 0.717) is 0 Å². The number of hydrogen-bond donors (Lipinski definition) is 1. The Labute approximate surface area is 86.5 Å². The molecule has 0 amide bonds. The summed E-state index contributed by atoms with van der Waals surface area (Å²) in [5, 5.41) is 17.9. The van der Waals surface area contributed by atoms with E-state index in [1.807, 2.05) is 6.07 Å². The molecule has 0 aliphatic rings. The van der Waals surface area contributed by atoms with E-state index >= 15 is 0 Å². The van der Waals surface area contributed by atoms with Crippen LogP contribution in [-0.4, -0.2) is 19.3 Å². The van der Waals surface area contributed by atoms with Gasteiger partial charge in [0.1, 0.15) is 0 Å². The van der Waals surface area contributed by atoms with Crippen molar-refractivity contribution in [2.75, 3.05) is 14.2 Å². The zero-order valence-electron chi connectivity index (χ0n) is 8.37. The lowest BCUT2D eigenvalue weighted by atomic mass is 10.1. The topological polar surface area (TPSA) is 62.5 Å². The van der Waals surface area contributed by atoms with Gasteiger partial charge in [-0.1, -0.05) is 0 Å². The maximum Gasteiger partial charge on any atom is 0.210 e. The summed E-state index contributed by atoms with van der Waals surface area (Å²) in [5.41, 5.74) is 0.174. The van der Waals surface area contributed by atoms with E-state index in [1.165, 1.54) is 20.3 Å². The van der Waals surface area contributed by atoms with Gasteiger partial charge in [-0.2, -0.15) is 9.65 Å². The number of halogens is 1. The number of aromatic hydroxyl groups is 1. The lowest BCUT2D eigenvalue weighted by Gasteiger charge is -2.11. The zero-order chi connectivity index (χ0) is 11.4. The van der Waals surface area contributed by atoms with Crippen molar-refractivity contribution < 1.29 is 19.0 Å². The molecule has 0 heterocycles. The second kappa shape index (κ2) is 4.51. The third kappa shape index (κ3) is 1.94. The van der Waals surface area contributed by atoms with Crippen molar-refractivity contribution in [3.05, 3.63) is 17.4 Å². The second-order valence-electron chi connectivity index (χ2n) is 2.77. The van der Waals surface area contributed by atoms with Crippen molar-refractivity contribution in [3.63, 3.8) is 0 Å². The lowest BCUT2D eigenvalue weighted by molar-refractivity contribution is 0.325. The van der Waals surface area contributed by atoms with E-state index in [-0.39, 0.29) is 23.5 Å². The molecule has 0 radical (unpaired) electrons. The number of nitriles is 1. The Morgan fingerprint density at radius 2 is 2.13 bits per heavy atom. The average Bonchev–Trinajstić information content (AvgIpc) is 2.24. The van der Waals surface area contributed by atoms with Gasteiger partial charge in [0.15, 0.2) is 11.5 Å². The molecular formula is C10H10FNO3. The molecule has 0 atom stereocenters. The molecule has 0 fully saturated rings. The van der Waals surface area contributed by atoms with Crippen LogP contribution < -0.4 is 9.47 Å². The summed E-state index contributed by atoms with van der Waals surface area (Å²) in [4.78, 5) is 0. The predicted octanol–water partition coefficient (Wildman–Crippen LogP) is 1.61. The van der Waals surface area contributed by atoms with Crippen molar-refractivity contribution in [2.45, 2.75) is 6.42 Å². The minimum absolute atomic E-state index is 0.0941. The Balaban J connectivity index is 3.37. The fourth-order valence-electron chi connectivity index (χ4n) is 1.21. The number of ether oxygens (including phenoxy) is 2. The van der Waals surface area contributed by atoms with Crippen molar-refractivity contribution >= 4 is 0 Å². The van der Waals surface area contributed by atoms with Crippen molar-refractivity contribution in [3.8, 4) is 23.3 Å². The standard InChI is InChI=1S/C10H10FNO3/c1-14-7-5-6(3-4-12)9(13)8(11)10(7)15-2/h5,13H,3H2,1-2H3. The summed E-state index contributed by atoms with van der Waals surface area (Å²) in [6.45, 7) is 0. The molecule has 1 rings (SSSR count). The van der Waals surface area contributed by atoms with E-state index in [2.05, 4.69) is 0 Å². The molecule has 0 aliphatic heterocycles. The van der Waals surface area contributed by atoms with Gasteiger partial charge in [-0.15, -0.1) is 0 Å². The molecule has 0 spiro atoms. The lowest BCUT2D eigenvalue weighted by Crippen LogP contribution is -1.97. The highest BCUT2D eigenvalue weighted by Crippen LogP contribution is 2.38. The van der Waals surface area contributed by atoms with E-state index < -0.39 is 11.6 Å². The van der Waals surface area contributed by atoms with Gasteiger partial charge in [0, 0.05) is 5.56 Å². The van der Waals surface area contributed by atoms with Crippen LogP contribution in [0.15, 0.2) is 6.07 Å². The Morgan fingerprint density at radius 3 is 2.60 bits per heavy atom. The molecule has 0 saturated carbocycles. The molecule has 1 aromatic carbocycles. The van der Waals surface area contributed by atoms with E-state index in [9.17, 15) is 9.50 Å². The van der Waals surface area contributed by atoms with Gasteiger partial charge in [-0.3, -0.25) is 0 Å². The molecule has 0 unspecified atom stereocenters. The molecule has 0 aliphatic carbocycles. The van der Waals surface area contributed by atoms with E-state index in [1.54, 1.807) is 0 Å². The van der Waals surface area contributed by atoms with E-state index in [4.69, 9.17) is 14.7 Å². The number of benzene rings is 1. The van der Waals surface area contributed by atoms with Crippen molar-refractivity contribution in [2.24, 2.45) is 0 Å². The second-order valence-corrected chi connectivity index (χ2v) is 2.77. The third-order valence-electron chi connectivity index (χ3n) is 1.93. The molecule has 0 saturated heterocycles. The number of phenols is 1. The minimum atomic E-state index is -0.915. The molecule has 4 nitrogen and oxygen atoms in total. The van der Waals surface area contributed by atoms with Gasteiger partial charge < -0.3 is 14.6 Å². The molecule has 0 aromatic heterocycles. The maximum absolute atomic E-state index is 13.5. The molecule has 1 aromatic rings. The third-order valence-corrected chi connectivity index (χ3v) is 1.93. The van der Waals surface area contributed by atoms with Crippen LogP contribution in [0, 0.1) is 17.1 Å². The SMILES string of the molecule is COc1cc(CC#N)c(O)c(F)c1OC. The summed E-state index contributed by atoms with van der Waals surface area (Å²) in [6.07, 6.45) is -0.0941. The fourth-order valence-corrected chi connectivity index (χ4v) is 1.21. The Morgan fingerprint density at radius 1 is 1.47 bits per heavy atom. The Kier molecular flexibility index (Phi) is 3.34. The van der Waals surface area contributed by atoms with Crippen LogP contribution in [0.4, 0.5) is 4.39 Å². The molecule has 0 bridgehead atoms. The number of nitrogens with zero attached hydrogens (tertiary/aromatic N) is 1. The zero-order valence-corrected chi connectivity index (χ0v) is 8.37. The summed E-state index contributed by atoms with van der Waals surface area (Å²) in [5.74, 6) is -1.51. The number of rotatable bonds is 3. The molecule has 80 valence electrons. The number of phenolic OH excluding ortho intramolecular Hbond substituents is 1. The molecular weight excluding hydrogens is 201 g/mol. The summed E-state index contributed by atoms with van der Waals surface area (Å²) >= 11 is 0. The minimum Gasteiger partial charge on any atom is -0.505 e. The van der Waals surface area contributed by atoms with Crippen LogP contribution in [0.3, 0.4) is 0 Å². The quantitative estimate of drug-likeness (QED) is 0.825. The maximum atomic E-state index is 13.5. The summed E-state index contributed by atoms with van der Waals surface area (Å²) in [6, 6.07) is 3.19. The smallest absolute Gasteiger partial charge is 0.210 e. The number of hydrogen-bond acceptors (Lipinski definition) is 4. The van der Waals surface area contributed by atoms with Gasteiger partial charge in [-0.05, 0) is 6.07 Å². The highest BCUT2D eigenvalue weighted by atomic mass is 19.1. The summed E-state index contributed by atoms with van der Waals surface area (Å²) in [7, 11) is 2.62. The van der Waals surface area contributed by atoms with Crippen LogP contribution in [-0.2, 0) is 6.42 Å². The predicted molar refractivity (Wildman–Crippen MR) is 50.5 cm³/mol. The highest BCUT2D eigenvalue weighted by molar-refractivity contribution is 5.52. The van der Waals surface area contributed by atoms with Crippen LogP contribution in [0.2, 0.25) is 0 Å².